The van der Waals surface area contributed by atoms with E-state index < -0.39 is 0 Å². The lowest BCUT2D eigenvalue weighted by Crippen LogP contribution is -1.94. The average molecular weight is 231 g/mol. The van der Waals surface area contributed by atoms with E-state index in [0.717, 1.165) is 17.8 Å². The van der Waals surface area contributed by atoms with Gasteiger partial charge in [-0.05, 0) is 11.8 Å². The number of nitrogens with one attached hydrogen (secondary N) is 1. The van der Waals surface area contributed by atoms with Gasteiger partial charge < -0.3 is 4.98 Å². The van der Waals surface area contributed by atoms with Crippen LogP contribution >= 0.6 is 0 Å². The molecule has 0 saturated heterocycles. The molecule has 0 fully saturated rings. The van der Waals surface area contributed by atoms with Gasteiger partial charge in [0.1, 0.15) is 5.82 Å². The Balaban J connectivity index is 2.72. The van der Waals surface area contributed by atoms with E-state index >= 15 is 0 Å². The van der Waals surface area contributed by atoms with E-state index in [2.05, 4.69) is 49.6 Å². The molecule has 92 valence electrons. The summed E-state index contributed by atoms with van der Waals surface area (Å²) in [6.45, 7) is 10.9. The number of rotatable bonds is 3. The Kier molecular flexibility index (Phi) is 3.18. The van der Waals surface area contributed by atoms with Crippen molar-refractivity contribution in [3.8, 4) is 0 Å². The normalized spacial score (nSPS) is 11.9. The molecule has 2 aromatic rings. The maximum atomic E-state index is 4.68. The third-order valence-electron chi connectivity index (χ3n) is 3.12. The van der Waals surface area contributed by atoms with Crippen LogP contribution in [0, 0.1) is 0 Å². The first-order valence-electron chi connectivity index (χ1n) is 6.42. The van der Waals surface area contributed by atoms with Crippen LogP contribution in [0.5, 0.6) is 0 Å². The predicted molar refractivity (Wildman–Crippen MR) is 71.4 cm³/mol. The highest BCUT2D eigenvalue weighted by Crippen LogP contribution is 2.30. The molecule has 17 heavy (non-hydrogen) atoms. The van der Waals surface area contributed by atoms with Crippen LogP contribution in [0.2, 0.25) is 0 Å². The van der Waals surface area contributed by atoms with Gasteiger partial charge in [0.25, 0.3) is 0 Å². The summed E-state index contributed by atoms with van der Waals surface area (Å²) in [5, 5.41) is 1.18. The molecule has 3 nitrogen and oxygen atoms in total. The highest BCUT2D eigenvalue weighted by Gasteiger charge is 2.16. The Morgan fingerprint density at radius 2 is 1.76 bits per heavy atom. The van der Waals surface area contributed by atoms with E-state index in [0.29, 0.717) is 11.8 Å². The Hall–Kier alpha value is -1.38. The van der Waals surface area contributed by atoms with Gasteiger partial charge >= 0.3 is 0 Å². The van der Waals surface area contributed by atoms with Crippen LogP contribution < -0.4 is 0 Å². The number of H-pyrrole nitrogens is 1. The van der Waals surface area contributed by atoms with Crippen molar-refractivity contribution >= 4 is 10.9 Å². The molecule has 0 atom stereocenters. The lowest BCUT2D eigenvalue weighted by atomic mass is 10.1. The number of nitrogens with zero attached hydrogens (tertiary/aromatic N) is 2. The molecule has 0 spiro atoms. The summed E-state index contributed by atoms with van der Waals surface area (Å²) >= 11 is 0. The van der Waals surface area contributed by atoms with Gasteiger partial charge in [0, 0.05) is 29.4 Å². The zero-order valence-corrected chi connectivity index (χ0v) is 11.3. The average Bonchev–Trinajstić information content (AvgIpc) is 2.67. The van der Waals surface area contributed by atoms with Crippen molar-refractivity contribution < 1.29 is 0 Å². The molecule has 2 rings (SSSR count). The minimum absolute atomic E-state index is 0.463. The lowest BCUT2D eigenvalue weighted by Gasteiger charge is -2.02. The van der Waals surface area contributed by atoms with Gasteiger partial charge in [0.15, 0.2) is 0 Å². The molecule has 0 aliphatic rings. The molecule has 0 amide bonds. The van der Waals surface area contributed by atoms with Crippen LogP contribution in [0.15, 0.2) is 6.20 Å². The summed E-state index contributed by atoms with van der Waals surface area (Å²) in [4.78, 5) is 12.6. The van der Waals surface area contributed by atoms with E-state index in [1.807, 2.05) is 6.20 Å². The van der Waals surface area contributed by atoms with E-state index in [4.69, 9.17) is 0 Å². The van der Waals surface area contributed by atoms with Crippen LogP contribution in [0.1, 0.15) is 63.7 Å². The van der Waals surface area contributed by atoms with Crippen LogP contribution in [0.4, 0.5) is 0 Å². The summed E-state index contributed by atoms with van der Waals surface area (Å²) in [7, 11) is 0. The van der Waals surface area contributed by atoms with Gasteiger partial charge in [-0.2, -0.15) is 0 Å². The number of fused-ring (bicyclic) bond motifs is 1. The quantitative estimate of drug-likeness (QED) is 0.873. The third-order valence-corrected chi connectivity index (χ3v) is 3.12. The first kappa shape index (κ1) is 12.1. The standard InChI is InChI=1S/C14H21N3/c1-6-11-15-7-10-12(8(2)3)17-13(9(4)5)14(10)16-11/h7-9,17H,6H2,1-5H3. The van der Waals surface area contributed by atoms with Crippen molar-refractivity contribution in [2.45, 2.75) is 52.9 Å². The van der Waals surface area contributed by atoms with Gasteiger partial charge in [-0.25, -0.2) is 9.97 Å². The SMILES string of the molecule is CCc1ncc2c(C(C)C)[nH]c(C(C)C)c2n1. The molecule has 2 aromatic heterocycles. The number of hydrogen-bond acceptors (Lipinski definition) is 2. The summed E-state index contributed by atoms with van der Waals surface area (Å²) < 4.78 is 0. The fraction of sp³-hybridized carbons (Fsp3) is 0.571. The van der Waals surface area contributed by atoms with E-state index in [1.54, 1.807) is 0 Å². The molecule has 0 aliphatic carbocycles. The fourth-order valence-electron chi connectivity index (χ4n) is 2.14. The molecule has 0 radical (unpaired) electrons. The summed E-state index contributed by atoms with van der Waals surface area (Å²) in [6, 6.07) is 0. The predicted octanol–water partition coefficient (Wildman–Crippen LogP) is 3.77. The Labute approximate surface area is 103 Å². The van der Waals surface area contributed by atoms with Crippen molar-refractivity contribution in [3.05, 3.63) is 23.4 Å². The van der Waals surface area contributed by atoms with Gasteiger partial charge in [0.2, 0.25) is 0 Å². The van der Waals surface area contributed by atoms with Crippen molar-refractivity contribution in [1.29, 1.82) is 0 Å². The first-order chi connectivity index (χ1) is 8.04. The van der Waals surface area contributed by atoms with E-state index in [-0.39, 0.29) is 0 Å². The maximum Gasteiger partial charge on any atom is 0.128 e. The first-order valence-corrected chi connectivity index (χ1v) is 6.42. The molecule has 0 bridgehead atoms. The minimum Gasteiger partial charge on any atom is -0.359 e. The van der Waals surface area contributed by atoms with Gasteiger partial charge in [-0.3, -0.25) is 0 Å². The molecule has 0 aromatic carbocycles. The monoisotopic (exact) mass is 231 g/mol. The van der Waals surface area contributed by atoms with Crippen LogP contribution in [0.25, 0.3) is 10.9 Å². The molecule has 0 unspecified atom stereocenters. The lowest BCUT2D eigenvalue weighted by molar-refractivity contribution is 0.791. The highest BCUT2D eigenvalue weighted by molar-refractivity contribution is 5.84. The van der Waals surface area contributed by atoms with Crippen LogP contribution in [0.3, 0.4) is 0 Å². The molecule has 1 N–H and O–H groups in total. The van der Waals surface area contributed by atoms with Crippen molar-refractivity contribution in [2.75, 3.05) is 0 Å². The molecule has 3 heteroatoms. The number of aromatic nitrogens is 3. The molecule has 2 heterocycles. The maximum absolute atomic E-state index is 4.68. The van der Waals surface area contributed by atoms with Gasteiger partial charge in [-0.1, -0.05) is 34.6 Å². The van der Waals surface area contributed by atoms with Crippen LogP contribution in [-0.2, 0) is 6.42 Å². The molecule has 0 saturated carbocycles. The van der Waals surface area contributed by atoms with Crippen LogP contribution in [-0.4, -0.2) is 15.0 Å². The van der Waals surface area contributed by atoms with Crippen molar-refractivity contribution in [2.24, 2.45) is 0 Å². The second-order valence-electron chi connectivity index (χ2n) is 5.16. The molecular weight excluding hydrogens is 210 g/mol. The second-order valence-corrected chi connectivity index (χ2v) is 5.16. The highest BCUT2D eigenvalue weighted by atomic mass is 14.9. The zero-order chi connectivity index (χ0) is 12.6. The number of aryl methyl sites for hydroxylation is 1. The Morgan fingerprint density at radius 1 is 1.12 bits per heavy atom. The Bertz CT molecular complexity index is 523. The van der Waals surface area contributed by atoms with Crippen molar-refractivity contribution in [3.63, 3.8) is 0 Å². The summed E-state index contributed by atoms with van der Waals surface area (Å²) in [5.41, 5.74) is 3.60. The second kappa shape index (κ2) is 4.47. The zero-order valence-electron chi connectivity index (χ0n) is 11.3. The smallest absolute Gasteiger partial charge is 0.128 e. The number of aromatic amines is 1. The number of hydrogen-bond donors (Lipinski definition) is 1. The fourth-order valence-corrected chi connectivity index (χ4v) is 2.14. The molecule has 0 aliphatic heterocycles. The van der Waals surface area contributed by atoms with Gasteiger partial charge in [0.05, 0.1) is 5.52 Å². The van der Waals surface area contributed by atoms with E-state index in [9.17, 15) is 0 Å². The molecular formula is C14H21N3. The Morgan fingerprint density at radius 3 is 2.29 bits per heavy atom. The minimum atomic E-state index is 0.463. The topological polar surface area (TPSA) is 41.6 Å². The van der Waals surface area contributed by atoms with E-state index in [1.165, 1.54) is 16.8 Å². The largest absolute Gasteiger partial charge is 0.359 e. The third kappa shape index (κ3) is 2.06. The summed E-state index contributed by atoms with van der Waals surface area (Å²) in [5.74, 6) is 1.86. The van der Waals surface area contributed by atoms with Crippen molar-refractivity contribution in [1.82, 2.24) is 15.0 Å². The summed E-state index contributed by atoms with van der Waals surface area (Å²) in [6.07, 6.45) is 2.86. The van der Waals surface area contributed by atoms with Gasteiger partial charge in [-0.15, -0.1) is 0 Å².